The summed E-state index contributed by atoms with van der Waals surface area (Å²) in [6, 6.07) is 0. The van der Waals surface area contributed by atoms with Gasteiger partial charge in [-0.2, -0.15) is 0 Å². The molecule has 0 bridgehead atoms. The molecule has 1 unspecified atom stereocenters. The average Bonchev–Trinajstić information content (AvgIpc) is 2.39. The lowest BCUT2D eigenvalue weighted by Gasteiger charge is -1.99. The van der Waals surface area contributed by atoms with E-state index in [2.05, 4.69) is 4.98 Å². The topological polar surface area (TPSA) is 77.2 Å². The van der Waals surface area contributed by atoms with Gasteiger partial charge in [0.05, 0.1) is 0 Å². The molecule has 0 aliphatic carbocycles. The maximum Gasteiger partial charge on any atom is 0.336 e. The van der Waals surface area contributed by atoms with Gasteiger partial charge in [0.15, 0.2) is 6.10 Å². The van der Waals surface area contributed by atoms with E-state index in [1.54, 1.807) is 23.3 Å². The molecule has 1 aromatic heterocycles. The number of aromatic nitrogens is 2. The Morgan fingerprint density at radius 1 is 1.73 bits per heavy atom. The molecule has 0 aliphatic rings. The fourth-order valence-corrected chi connectivity index (χ4v) is 0.712. The molecule has 1 heterocycles. The van der Waals surface area contributed by atoms with Crippen molar-refractivity contribution in [1.29, 1.82) is 0 Å². The van der Waals surface area contributed by atoms with E-state index < -0.39 is 12.1 Å². The molecule has 5 heteroatoms. The molecule has 60 valence electrons. The van der Waals surface area contributed by atoms with E-state index in [4.69, 9.17) is 10.2 Å². The third-order valence-electron chi connectivity index (χ3n) is 1.27. The average molecular weight is 157 g/mol. The van der Waals surface area contributed by atoms with Crippen molar-refractivity contribution in [2.45, 2.75) is 12.6 Å². The minimum Gasteiger partial charge on any atom is -0.479 e. The molecule has 11 heavy (non-hydrogen) atoms. The van der Waals surface area contributed by atoms with Gasteiger partial charge < -0.3 is 10.2 Å². The molecule has 5 nitrogen and oxygen atoms in total. The molecular weight excluding hydrogens is 148 g/mol. The van der Waals surface area contributed by atoms with Crippen LogP contribution < -0.4 is 4.57 Å². The third-order valence-corrected chi connectivity index (χ3v) is 1.27. The number of hydrogen-bond donors (Lipinski definition) is 3. The highest BCUT2D eigenvalue weighted by Gasteiger charge is 2.15. The highest BCUT2D eigenvalue weighted by atomic mass is 16.4. The zero-order chi connectivity index (χ0) is 8.27. The normalized spacial score (nSPS) is 12.8. The van der Waals surface area contributed by atoms with Crippen molar-refractivity contribution in [2.24, 2.45) is 0 Å². The number of imidazole rings is 1. The Bertz CT molecular complexity index is 232. The first-order valence-corrected chi connectivity index (χ1v) is 3.13. The number of hydrogen-bond acceptors (Lipinski definition) is 2. The molecule has 1 atom stereocenters. The van der Waals surface area contributed by atoms with Crippen LogP contribution in [0.4, 0.5) is 0 Å². The number of aromatic amines is 1. The quantitative estimate of drug-likeness (QED) is 0.480. The summed E-state index contributed by atoms with van der Waals surface area (Å²) in [5.41, 5.74) is 0. The first-order chi connectivity index (χ1) is 5.20. The van der Waals surface area contributed by atoms with Crippen LogP contribution in [0.2, 0.25) is 0 Å². The lowest BCUT2D eigenvalue weighted by molar-refractivity contribution is -0.700. The SMILES string of the molecule is O=C(O)C(O)C[n+]1cc[nH]c1. The maximum atomic E-state index is 10.2. The Labute approximate surface area is 62.9 Å². The van der Waals surface area contributed by atoms with Crippen molar-refractivity contribution in [3.05, 3.63) is 18.7 Å². The molecule has 0 radical (unpaired) electrons. The molecular formula is C6H9N2O3+. The summed E-state index contributed by atoms with van der Waals surface area (Å²) < 4.78 is 1.55. The smallest absolute Gasteiger partial charge is 0.336 e. The number of nitrogens with zero attached hydrogens (tertiary/aromatic N) is 1. The predicted molar refractivity (Wildman–Crippen MR) is 34.6 cm³/mol. The molecule has 0 fully saturated rings. The number of carboxylic acid groups (broad SMARTS) is 1. The molecule has 3 N–H and O–H groups in total. The summed E-state index contributed by atoms with van der Waals surface area (Å²) in [7, 11) is 0. The number of aliphatic carboxylic acids is 1. The molecule has 0 aromatic carbocycles. The maximum absolute atomic E-state index is 10.2. The van der Waals surface area contributed by atoms with Crippen LogP contribution in [0.5, 0.6) is 0 Å². The number of nitrogens with one attached hydrogen (secondary N) is 1. The van der Waals surface area contributed by atoms with Crippen LogP contribution in [0.15, 0.2) is 18.7 Å². The highest BCUT2D eigenvalue weighted by molar-refractivity contribution is 5.71. The lowest BCUT2D eigenvalue weighted by Crippen LogP contribution is -2.41. The largest absolute Gasteiger partial charge is 0.479 e. The number of aliphatic hydroxyl groups excluding tert-OH is 1. The van der Waals surface area contributed by atoms with Crippen LogP contribution in [0.3, 0.4) is 0 Å². The monoisotopic (exact) mass is 157 g/mol. The number of carbonyl (C=O) groups is 1. The third kappa shape index (κ3) is 2.05. The van der Waals surface area contributed by atoms with E-state index in [9.17, 15) is 4.79 Å². The van der Waals surface area contributed by atoms with Gasteiger partial charge in [0.2, 0.25) is 6.33 Å². The molecule has 0 amide bonds. The zero-order valence-corrected chi connectivity index (χ0v) is 5.77. The van der Waals surface area contributed by atoms with Crippen LogP contribution in [-0.2, 0) is 11.3 Å². The van der Waals surface area contributed by atoms with Gasteiger partial charge in [-0.25, -0.2) is 9.36 Å². The summed E-state index contributed by atoms with van der Waals surface area (Å²) in [5.74, 6) is -1.21. The fourth-order valence-electron chi connectivity index (χ4n) is 0.712. The van der Waals surface area contributed by atoms with Crippen molar-refractivity contribution < 1.29 is 19.6 Å². The number of H-pyrrole nitrogens is 1. The molecule has 0 spiro atoms. The Kier molecular flexibility index (Phi) is 2.22. The van der Waals surface area contributed by atoms with Gasteiger partial charge in [0.25, 0.3) is 0 Å². The Balaban J connectivity index is 2.50. The van der Waals surface area contributed by atoms with E-state index in [0.29, 0.717) is 0 Å². The second kappa shape index (κ2) is 3.16. The minimum absolute atomic E-state index is 0.0683. The summed E-state index contributed by atoms with van der Waals surface area (Å²) in [5, 5.41) is 17.2. The predicted octanol–water partition coefficient (Wildman–Crippen LogP) is -1.25. The molecule has 1 aromatic rings. The van der Waals surface area contributed by atoms with Gasteiger partial charge in [0.1, 0.15) is 18.9 Å². The van der Waals surface area contributed by atoms with E-state index in [1.807, 2.05) is 0 Å². The number of carboxylic acids is 1. The van der Waals surface area contributed by atoms with Crippen LogP contribution in [-0.4, -0.2) is 27.3 Å². The van der Waals surface area contributed by atoms with Gasteiger partial charge >= 0.3 is 5.97 Å². The summed E-state index contributed by atoms with van der Waals surface area (Å²) in [4.78, 5) is 12.9. The Morgan fingerprint density at radius 2 is 2.45 bits per heavy atom. The second-order valence-electron chi connectivity index (χ2n) is 2.16. The van der Waals surface area contributed by atoms with Gasteiger partial charge in [-0.1, -0.05) is 0 Å². The summed E-state index contributed by atoms with van der Waals surface area (Å²) in [6.07, 6.45) is 3.53. The Morgan fingerprint density at radius 3 is 2.91 bits per heavy atom. The fraction of sp³-hybridized carbons (Fsp3) is 0.333. The second-order valence-corrected chi connectivity index (χ2v) is 2.16. The van der Waals surface area contributed by atoms with E-state index in [-0.39, 0.29) is 6.54 Å². The number of rotatable bonds is 3. The zero-order valence-electron chi connectivity index (χ0n) is 5.77. The van der Waals surface area contributed by atoms with Crippen molar-refractivity contribution >= 4 is 5.97 Å². The van der Waals surface area contributed by atoms with Gasteiger partial charge in [0, 0.05) is 0 Å². The van der Waals surface area contributed by atoms with E-state index >= 15 is 0 Å². The standard InChI is InChI=1S/C6H8N2O3/c9-5(6(10)11)3-8-2-1-7-4-8/h1-2,4-5,9H,3H2,(H,10,11)/p+1. The molecule has 0 saturated carbocycles. The van der Waals surface area contributed by atoms with Gasteiger partial charge in [-0.05, 0) is 0 Å². The molecule has 0 saturated heterocycles. The van der Waals surface area contributed by atoms with Crippen LogP contribution in [0.25, 0.3) is 0 Å². The van der Waals surface area contributed by atoms with E-state index in [1.165, 1.54) is 0 Å². The minimum atomic E-state index is -1.34. The summed E-state index contributed by atoms with van der Waals surface area (Å²) >= 11 is 0. The highest BCUT2D eigenvalue weighted by Crippen LogP contribution is 1.82. The summed E-state index contributed by atoms with van der Waals surface area (Å²) in [6.45, 7) is 0.0683. The first-order valence-electron chi connectivity index (χ1n) is 3.13. The van der Waals surface area contributed by atoms with Crippen molar-refractivity contribution in [3.63, 3.8) is 0 Å². The van der Waals surface area contributed by atoms with Gasteiger partial charge in [-0.15, -0.1) is 0 Å². The first kappa shape index (κ1) is 7.74. The van der Waals surface area contributed by atoms with Crippen LogP contribution >= 0.6 is 0 Å². The molecule has 1 rings (SSSR count). The molecule has 0 aliphatic heterocycles. The van der Waals surface area contributed by atoms with Crippen LogP contribution in [0.1, 0.15) is 0 Å². The van der Waals surface area contributed by atoms with Crippen molar-refractivity contribution in [3.8, 4) is 0 Å². The van der Waals surface area contributed by atoms with E-state index in [0.717, 1.165) is 0 Å². The Hall–Kier alpha value is -1.36. The van der Waals surface area contributed by atoms with Crippen molar-refractivity contribution in [2.75, 3.05) is 0 Å². The number of aliphatic hydroxyl groups is 1. The van der Waals surface area contributed by atoms with Crippen LogP contribution in [0, 0.1) is 0 Å². The lowest BCUT2D eigenvalue weighted by atomic mass is 10.3. The van der Waals surface area contributed by atoms with Crippen molar-refractivity contribution in [1.82, 2.24) is 4.98 Å². The van der Waals surface area contributed by atoms with Gasteiger partial charge in [-0.3, -0.25) is 4.98 Å².